The molecule has 106 valence electrons. The normalized spacial score (nSPS) is 36.5. The molecule has 0 aromatic heterocycles. The monoisotopic (exact) mass is 271 g/mol. The van der Waals surface area contributed by atoms with Crippen LogP contribution in [0.5, 0.6) is 0 Å². The predicted octanol–water partition coefficient (Wildman–Crippen LogP) is 2.08. The molecule has 0 saturated heterocycles. The second kappa shape index (κ2) is 4.14. The highest BCUT2D eigenvalue weighted by Crippen LogP contribution is 2.66. The maximum atomic E-state index is 11.7. The minimum absolute atomic E-state index is 0.0656. The first-order chi connectivity index (χ1) is 9.69. The minimum Gasteiger partial charge on any atom is -0.397 e. The van der Waals surface area contributed by atoms with E-state index in [2.05, 4.69) is 10.6 Å². The molecule has 4 heteroatoms. The van der Waals surface area contributed by atoms with Gasteiger partial charge in [-0.3, -0.25) is 4.79 Å². The second-order valence-corrected chi connectivity index (χ2v) is 6.54. The van der Waals surface area contributed by atoms with E-state index in [1.165, 1.54) is 19.3 Å². The van der Waals surface area contributed by atoms with Gasteiger partial charge in [0.15, 0.2) is 0 Å². The maximum Gasteiger partial charge on any atom is 0.251 e. The minimum atomic E-state index is -0.0656. The first kappa shape index (κ1) is 12.1. The van der Waals surface area contributed by atoms with Crippen LogP contribution in [0.2, 0.25) is 0 Å². The van der Waals surface area contributed by atoms with Gasteiger partial charge in [-0.25, -0.2) is 0 Å². The van der Waals surface area contributed by atoms with E-state index in [1.807, 2.05) is 12.1 Å². The Labute approximate surface area is 119 Å². The number of carbonyl (C=O) groups is 1. The van der Waals surface area contributed by atoms with Gasteiger partial charge in [-0.1, -0.05) is 0 Å². The van der Waals surface area contributed by atoms with Gasteiger partial charge in [0.2, 0.25) is 0 Å². The van der Waals surface area contributed by atoms with Crippen LogP contribution in [0.15, 0.2) is 18.2 Å². The molecule has 20 heavy (non-hydrogen) atoms. The predicted molar refractivity (Wildman–Crippen MR) is 79.5 cm³/mol. The van der Waals surface area contributed by atoms with Gasteiger partial charge in [-0.2, -0.15) is 0 Å². The van der Waals surface area contributed by atoms with Crippen LogP contribution < -0.4 is 16.4 Å². The Hall–Kier alpha value is -1.71. The van der Waals surface area contributed by atoms with Crippen LogP contribution in [0.1, 0.15) is 29.6 Å². The number of hydrogen-bond donors (Lipinski definition) is 3. The van der Waals surface area contributed by atoms with Crippen molar-refractivity contribution in [1.82, 2.24) is 5.32 Å². The summed E-state index contributed by atoms with van der Waals surface area (Å²) in [6, 6.07) is 6.06. The molecule has 4 rings (SSSR count). The number of fused-ring (bicyclic) bond motifs is 5. The molecule has 2 bridgehead atoms. The van der Waals surface area contributed by atoms with E-state index in [1.54, 1.807) is 13.1 Å². The summed E-state index contributed by atoms with van der Waals surface area (Å²) in [7, 11) is 1.65. The van der Waals surface area contributed by atoms with Crippen molar-refractivity contribution in [2.45, 2.75) is 25.3 Å². The summed E-state index contributed by atoms with van der Waals surface area (Å²) in [5, 5.41) is 6.25. The highest BCUT2D eigenvalue weighted by Gasteiger charge is 2.65. The van der Waals surface area contributed by atoms with Gasteiger partial charge < -0.3 is 16.4 Å². The van der Waals surface area contributed by atoms with Crippen molar-refractivity contribution in [2.24, 2.45) is 23.7 Å². The molecule has 4 nitrogen and oxygen atoms in total. The lowest BCUT2D eigenvalue weighted by Gasteiger charge is -2.14. The molecule has 0 radical (unpaired) electrons. The highest BCUT2D eigenvalue weighted by atomic mass is 16.1. The SMILES string of the molecule is CNC(=O)c1ccc(N)c(NC2C3C4CCC(C4)C23)c1. The van der Waals surface area contributed by atoms with E-state index in [4.69, 9.17) is 5.73 Å². The summed E-state index contributed by atoms with van der Waals surface area (Å²) in [4.78, 5) is 11.7. The van der Waals surface area contributed by atoms with Crippen LogP contribution in [-0.2, 0) is 0 Å². The van der Waals surface area contributed by atoms with Crippen LogP contribution in [0.3, 0.4) is 0 Å². The van der Waals surface area contributed by atoms with E-state index in [-0.39, 0.29) is 5.91 Å². The summed E-state index contributed by atoms with van der Waals surface area (Å²) in [5.74, 6) is 3.52. The maximum absolute atomic E-state index is 11.7. The standard InChI is InChI=1S/C16H21N3O/c1-18-16(20)10-4-5-11(17)12(7-10)19-15-13-8-2-3-9(6-8)14(13)15/h4-5,7-9,13-15,19H,2-3,6,17H2,1H3,(H,18,20). The van der Waals surface area contributed by atoms with Gasteiger partial charge in [0.25, 0.3) is 5.91 Å². The summed E-state index contributed by atoms with van der Waals surface area (Å²) in [6.45, 7) is 0. The lowest BCUT2D eigenvalue weighted by molar-refractivity contribution is 0.0963. The van der Waals surface area contributed by atoms with Gasteiger partial charge in [-0.05, 0) is 61.1 Å². The lowest BCUT2D eigenvalue weighted by Crippen LogP contribution is -2.19. The summed E-state index contributed by atoms with van der Waals surface area (Å²) in [5.41, 5.74) is 8.37. The number of nitrogens with one attached hydrogen (secondary N) is 2. The van der Waals surface area contributed by atoms with Crippen molar-refractivity contribution in [3.05, 3.63) is 23.8 Å². The number of rotatable bonds is 3. The highest BCUT2D eigenvalue weighted by molar-refractivity contribution is 5.96. The molecule has 4 atom stereocenters. The van der Waals surface area contributed by atoms with Crippen molar-refractivity contribution in [3.63, 3.8) is 0 Å². The second-order valence-electron chi connectivity index (χ2n) is 6.54. The van der Waals surface area contributed by atoms with Crippen molar-refractivity contribution < 1.29 is 4.79 Å². The molecule has 4 unspecified atom stereocenters. The molecular weight excluding hydrogens is 250 g/mol. The third-order valence-electron chi connectivity index (χ3n) is 5.60. The lowest BCUT2D eigenvalue weighted by atomic mass is 10.0. The van der Waals surface area contributed by atoms with E-state index in [0.29, 0.717) is 11.6 Å². The topological polar surface area (TPSA) is 67.2 Å². The number of hydrogen-bond acceptors (Lipinski definition) is 3. The molecule has 3 saturated carbocycles. The quantitative estimate of drug-likeness (QED) is 0.737. The van der Waals surface area contributed by atoms with Gasteiger partial charge >= 0.3 is 0 Å². The Balaban J connectivity index is 1.53. The summed E-state index contributed by atoms with van der Waals surface area (Å²) < 4.78 is 0. The molecule has 1 aromatic rings. The van der Waals surface area contributed by atoms with Crippen molar-refractivity contribution in [1.29, 1.82) is 0 Å². The third-order valence-corrected chi connectivity index (χ3v) is 5.60. The molecule has 3 aliphatic carbocycles. The van der Waals surface area contributed by atoms with Gasteiger partial charge in [0.05, 0.1) is 11.4 Å². The summed E-state index contributed by atoms with van der Waals surface area (Å²) in [6.07, 6.45) is 4.27. The summed E-state index contributed by atoms with van der Waals surface area (Å²) >= 11 is 0. The zero-order valence-corrected chi connectivity index (χ0v) is 11.7. The molecule has 4 N–H and O–H groups in total. The Morgan fingerprint density at radius 3 is 2.60 bits per heavy atom. The van der Waals surface area contributed by atoms with E-state index >= 15 is 0 Å². The molecule has 0 spiro atoms. The fourth-order valence-electron chi connectivity index (χ4n) is 4.66. The van der Waals surface area contributed by atoms with Crippen molar-refractivity contribution in [3.8, 4) is 0 Å². The molecule has 3 fully saturated rings. The van der Waals surface area contributed by atoms with Gasteiger partial charge in [0, 0.05) is 18.7 Å². The Morgan fingerprint density at radius 1 is 1.25 bits per heavy atom. The van der Waals surface area contributed by atoms with Gasteiger partial charge in [0.1, 0.15) is 0 Å². The Kier molecular flexibility index (Phi) is 2.50. The fourth-order valence-corrected chi connectivity index (χ4v) is 4.66. The van der Waals surface area contributed by atoms with Crippen molar-refractivity contribution in [2.75, 3.05) is 18.1 Å². The molecule has 0 aliphatic heterocycles. The van der Waals surface area contributed by atoms with E-state index in [0.717, 1.165) is 35.0 Å². The number of benzene rings is 1. The largest absolute Gasteiger partial charge is 0.397 e. The van der Waals surface area contributed by atoms with Crippen LogP contribution in [0.25, 0.3) is 0 Å². The number of anilines is 2. The van der Waals surface area contributed by atoms with E-state index in [9.17, 15) is 4.79 Å². The van der Waals surface area contributed by atoms with E-state index < -0.39 is 0 Å². The third kappa shape index (κ3) is 1.63. The molecule has 3 aliphatic rings. The molecule has 1 amide bonds. The Morgan fingerprint density at radius 2 is 1.95 bits per heavy atom. The van der Waals surface area contributed by atoms with Gasteiger partial charge in [-0.15, -0.1) is 0 Å². The number of carbonyl (C=O) groups excluding carboxylic acids is 1. The van der Waals surface area contributed by atoms with Crippen LogP contribution in [0.4, 0.5) is 11.4 Å². The average molecular weight is 271 g/mol. The smallest absolute Gasteiger partial charge is 0.251 e. The number of nitrogens with two attached hydrogens (primary N) is 1. The Bertz CT molecular complexity index is 555. The first-order valence-electron chi connectivity index (χ1n) is 7.57. The number of nitrogen functional groups attached to an aromatic ring is 1. The van der Waals surface area contributed by atoms with Crippen LogP contribution in [0, 0.1) is 23.7 Å². The first-order valence-corrected chi connectivity index (χ1v) is 7.57. The average Bonchev–Trinajstić information content (AvgIpc) is 2.85. The fraction of sp³-hybridized carbons (Fsp3) is 0.562. The zero-order chi connectivity index (χ0) is 13.9. The van der Waals surface area contributed by atoms with Crippen LogP contribution in [-0.4, -0.2) is 19.0 Å². The van der Waals surface area contributed by atoms with Crippen LogP contribution >= 0.6 is 0 Å². The molecular formula is C16H21N3O. The van der Waals surface area contributed by atoms with Crippen molar-refractivity contribution >= 4 is 17.3 Å². The molecule has 0 heterocycles. The molecule has 1 aromatic carbocycles. The number of amides is 1. The zero-order valence-electron chi connectivity index (χ0n) is 11.7.